The van der Waals surface area contributed by atoms with Crippen LogP contribution < -0.4 is 0 Å². The first-order chi connectivity index (χ1) is 11.8. The molecule has 4 rings (SSSR count). The van der Waals surface area contributed by atoms with Crippen molar-refractivity contribution in [3.8, 4) is 0 Å². The number of nitrogens with zero attached hydrogens (tertiary/aromatic N) is 2. The molecule has 24 heavy (non-hydrogen) atoms. The summed E-state index contributed by atoms with van der Waals surface area (Å²) < 4.78 is 0. The lowest BCUT2D eigenvalue weighted by Crippen LogP contribution is -2.41. The maximum atomic E-state index is 12.6. The Hall–Kier alpha value is -2.16. The van der Waals surface area contributed by atoms with Crippen molar-refractivity contribution in [1.29, 1.82) is 0 Å². The molecular formula is C21H24N2O. The van der Waals surface area contributed by atoms with Crippen molar-refractivity contribution in [2.75, 3.05) is 13.1 Å². The molecule has 0 spiro atoms. The SMILES string of the molecule is O=C([C@@H]1CC=CCC1)N1CCC(c2cc3ccccc3cn2)CC1. The molecule has 0 N–H and O–H groups in total. The molecule has 1 saturated heterocycles. The number of pyridine rings is 1. The molecule has 3 heteroatoms. The van der Waals surface area contributed by atoms with Gasteiger partial charge in [0, 0.05) is 42.2 Å². The number of benzene rings is 1. The average molecular weight is 320 g/mol. The highest BCUT2D eigenvalue weighted by atomic mass is 16.2. The van der Waals surface area contributed by atoms with Gasteiger partial charge in [-0.3, -0.25) is 9.78 Å². The molecule has 0 unspecified atom stereocenters. The van der Waals surface area contributed by atoms with Crippen LogP contribution in [-0.2, 0) is 4.79 Å². The number of carbonyl (C=O) groups is 1. The second kappa shape index (κ2) is 6.76. The largest absolute Gasteiger partial charge is 0.342 e. The van der Waals surface area contributed by atoms with Gasteiger partial charge in [-0.2, -0.15) is 0 Å². The smallest absolute Gasteiger partial charge is 0.226 e. The van der Waals surface area contributed by atoms with E-state index in [4.69, 9.17) is 0 Å². The van der Waals surface area contributed by atoms with Gasteiger partial charge in [-0.15, -0.1) is 0 Å². The van der Waals surface area contributed by atoms with Crippen LogP contribution in [0.5, 0.6) is 0 Å². The van der Waals surface area contributed by atoms with E-state index >= 15 is 0 Å². The Labute approximate surface area is 143 Å². The van der Waals surface area contributed by atoms with Gasteiger partial charge in [-0.25, -0.2) is 0 Å². The predicted molar refractivity (Wildman–Crippen MR) is 96.8 cm³/mol. The molecule has 0 saturated carbocycles. The number of piperidine rings is 1. The van der Waals surface area contributed by atoms with Crippen molar-refractivity contribution in [3.63, 3.8) is 0 Å². The fourth-order valence-electron chi connectivity index (χ4n) is 4.00. The zero-order valence-corrected chi connectivity index (χ0v) is 14.0. The summed E-state index contributed by atoms with van der Waals surface area (Å²) in [7, 11) is 0. The van der Waals surface area contributed by atoms with Gasteiger partial charge in [0.2, 0.25) is 5.91 Å². The van der Waals surface area contributed by atoms with Crippen molar-refractivity contribution < 1.29 is 4.79 Å². The topological polar surface area (TPSA) is 33.2 Å². The van der Waals surface area contributed by atoms with E-state index in [0.717, 1.165) is 45.2 Å². The number of amides is 1. The van der Waals surface area contributed by atoms with Gasteiger partial charge in [-0.1, -0.05) is 36.4 Å². The molecule has 1 amide bonds. The van der Waals surface area contributed by atoms with Crippen LogP contribution in [0.15, 0.2) is 48.7 Å². The second-order valence-corrected chi connectivity index (χ2v) is 7.04. The molecule has 0 bridgehead atoms. The van der Waals surface area contributed by atoms with E-state index in [0.29, 0.717) is 11.8 Å². The zero-order valence-electron chi connectivity index (χ0n) is 14.0. The average Bonchev–Trinajstić information content (AvgIpc) is 2.68. The van der Waals surface area contributed by atoms with Crippen molar-refractivity contribution in [2.24, 2.45) is 5.92 Å². The first-order valence-electron chi connectivity index (χ1n) is 9.10. The van der Waals surface area contributed by atoms with Gasteiger partial charge in [0.1, 0.15) is 0 Å². The Morgan fingerprint density at radius 2 is 1.83 bits per heavy atom. The van der Waals surface area contributed by atoms with Gasteiger partial charge in [0.15, 0.2) is 0 Å². The Morgan fingerprint density at radius 1 is 1.04 bits per heavy atom. The monoisotopic (exact) mass is 320 g/mol. The van der Waals surface area contributed by atoms with E-state index in [1.807, 2.05) is 12.3 Å². The number of hydrogen-bond acceptors (Lipinski definition) is 2. The van der Waals surface area contributed by atoms with Gasteiger partial charge in [0.05, 0.1) is 0 Å². The van der Waals surface area contributed by atoms with E-state index in [1.54, 1.807) is 0 Å². The minimum atomic E-state index is 0.213. The van der Waals surface area contributed by atoms with E-state index in [-0.39, 0.29) is 5.92 Å². The maximum Gasteiger partial charge on any atom is 0.226 e. The number of fused-ring (bicyclic) bond motifs is 1. The van der Waals surface area contributed by atoms with Crippen molar-refractivity contribution in [3.05, 3.63) is 54.4 Å². The van der Waals surface area contributed by atoms with Crippen molar-refractivity contribution >= 4 is 16.7 Å². The van der Waals surface area contributed by atoms with Crippen LogP contribution in [0.4, 0.5) is 0 Å². The van der Waals surface area contributed by atoms with Crippen molar-refractivity contribution in [1.82, 2.24) is 9.88 Å². The van der Waals surface area contributed by atoms with Gasteiger partial charge >= 0.3 is 0 Å². The first kappa shape index (κ1) is 15.4. The summed E-state index contributed by atoms with van der Waals surface area (Å²) in [6.07, 6.45) is 11.4. The Kier molecular flexibility index (Phi) is 4.33. The molecule has 3 nitrogen and oxygen atoms in total. The van der Waals surface area contributed by atoms with Crippen LogP contribution >= 0.6 is 0 Å². The lowest BCUT2D eigenvalue weighted by molar-refractivity contribution is -0.136. The van der Waals surface area contributed by atoms with Gasteiger partial charge in [-0.05, 0) is 43.6 Å². The molecule has 1 fully saturated rings. The van der Waals surface area contributed by atoms with Crippen LogP contribution in [0.2, 0.25) is 0 Å². The van der Waals surface area contributed by atoms with Gasteiger partial charge < -0.3 is 4.90 Å². The lowest BCUT2D eigenvalue weighted by Gasteiger charge is -2.34. The second-order valence-electron chi connectivity index (χ2n) is 7.04. The minimum Gasteiger partial charge on any atom is -0.342 e. The van der Waals surface area contributed by atoms with E-state index < -0.39 is 0 Å². The lowest BCUT2D eigenvalue weighted by atomic mass is 9.89. The first-order valence-corrected chi connectivity index (χ1v) is 9.10. The number of carbonyl (C=O) groups excluding carboxylic acids is 1. The quantitative estimate of drug-likeness (QED) is 0.773. The van der Waals surface area contributed by atoms with Crippen LogP contribution in [0.3, 0.4) is 0 Å². The van der Waals surface area contributed by atoms with E-state index in [9.17, 15) is 4.79 Å². The molecule has 2 heterocycles. The molecule has 1 aliphatic heterocycles. The Morgan fingerprint density at radius 3 is 2.58 bits per heavy atom. The summed E-state index contributed by atoms with van der Waals surface area (Å²) in [4.78, 5) is 19.4. The van der Waals surface area contributed by atoms with E-state index in [2.05, 4.69) is 46.3 Å². The predicted octanol–water partition coefficient (Wildman–Crippen LogP) is 4.30. The third kappa shape index (κ3) is 3.08. The normalized spacial score (nSPS) is 22.0. The van der Waals surface area contributed by atoms with Crippen LogP contribution in [0.1, 0.15) is 43.7 Å². The summed E-state index contributed by atoms with van der Waals surface area (Å²) in [5.74, 6) is 1.06. The number of allylic oxidation sites excluding steroid dienone is 2. The third-order valence-corrected chi connectivity index (χ3v) is 5.50. The fraction of sp³-hybridized carbons (Fsp3) is 0.429. The number of likely N-dealkylation sites (tertiary alicyclic amines) is 1. The number of hydrogen-bond donors (Lipinski definition) is 0. The summed E-state index contributed by atoms with van der Waals surface area (Å²) in [6.45, 7) is 1.75. The van der Waals surface area contributed by atoms with Crippen LogP contribution in [-0.4, -0.2) is 28.9 Å². The summed E-state index contributed by atoms with van der Waals surface area (Å²) >= 11 is 0. The highest BCUT2D eigenvalue weighted by Crippen LogP contribution is 2.30. The summed E-state index contributed by atoms with van der Waals surface area (Å²) in [5.41, 5.74) is 1.18. The number of aromatic nitrogens is 1. The summed E-state index contributed by atoms with van der Waals surface area (Å²) in [6, 6.07) is 10.6. The van der Waals surface area contributed by atoms with Crippen molar-refractivity contribution in [2.45, 2.75) is 38.0 Å². The number of rotatable bonds is 2. The molecule has 1 atom stereocenters. The minimum absolute atomic E-state index is 0.213. The van der Waals surface area contributed by atoms with Crippen LogP contribution in [0, 0.1) is 5.92 Å². The standard InChI is InChI=1S/C21H24N2O/c24-21(17-6-2-1-3-7-17)23-12-10-16(11-13-23)20-14-18-8-4-5-9-19(18)15-22-20/h1-2,4-5,8-9,14-17H,3,6-7,10-13H2/t17-/m1/s1. The molecule has 2 aromatic rings. The highest BCUT2D eigenvalue weighted by molar-refractivity contribution is 5.82. The van der Waals surface area contributed by atoms with Gasteiger partial charge in [0.25, 0.3) is 0 Å². The zero-order chi connectivity index (χ0) is 16.4. The van der Waals surface area contributed by atoms with Crippen LogP contribution in [0.25, 0.3) is 10.8 Å². The molecule has 2 aliphatic rings. The van der Waals surface area contributed by atoms with E-state index in [1.165, 1.54) is 16.5 Å². The molecule has 0 radical (unpaired) electrons. The molecule has 1 aliphatic carbocycles. The molecule has 124 valence electrons. The Balaban J connectivity index is 1.41. The molecule has 1 aromatic heterocycles. The highest BCUT2D eigenvalue weighted by Gasteiger charge is 2.29. The fourth-order valence-corrected chi connectivity index (χ4v) is 4.00. The molecule has 1 aromatic carbocycles. The maximum absolute atomic E-state index is 12.6. The Bertz CT molecular complexity index is 759. The summed E-state index contributed by atoms with van der Waals surface area (Å²) in [5, 5.41) is 2.45. The molecular weight excluding hydrogens is 296 g/mol. The third-order valence-electron chi connectivity index (χ3n) is 5.50.